The first kappa shape index (κ1) is 9.70. The third-order valence-electron chi connectivity index (χ3n) is 0.960. The molecule has 7 heteroatoms. The van der Waals surface area contributed by atoms with Crippen LogP contribution in [0.15, 0.2) is 5.11 Å². The minimum Gasteiger partial charge on any atom is -0.384 e. The number of hydrogen-bond acceptors (Lipinski definition) is 4. The summed E-state index contributed by atoms with van der Waals surface area (Å²) < 4.78 is 4.60. The number of carbonyl (C=O) groups excluding carboxylic acids is 1. The van der Waals surface area contributed by atoms with Gasteiger partial charge in [-0.15, -0.1) is 0 Å². The van der Waals surface area contributed by atoms with Crippen molar-refractivity contribution in [1.29, 1.82) is 0 Å². The molecular formula is C4H9N5O2. The van der Waals surface area contributed by atoms with Gasteiger partial charge in [0.15, 0.2) is 0 Å². The first-order valence-corrected chi connectivity index (χ1v) is 2.79. The van der Waals surface area contributed by atoms with E-state index in [-0.39, 0.29) is 6.61 Å². The summed E-state index contributed by atoms with van der Waals surface area (Å²) in [5, 5.41) is 3.15. The van der Waals surface area contributed by atoms with Crippen LogP contribution in [-0.4, -0.2) is 25.7 Å². The Morgan fingerprint density at radius 2 is 2.64 bits per heavy atom. The average Bonchev–Trinajstić information content (AvgIpc) is 2.03. The van der Waals surface area contributed by atoms with Gasteiger partial charge in [-0.2, -0.15) is 0 Å². The third-order valence-corrected chi connectivity index (χ3v) is 0.960. The van der Waals surface area contributed by atoms with Crippen molar-refractivity contribution in [2.24, 2.45) is 11.0 Å². The molecule has 0 aromatic carbocycles. The lowest BCUT2D eigenvalue weighted by Crippen LogP contribution is -2.40. The average molecular weight is 159 g/mol. The highest BCUT2D eigenvalue weighted by Gasteiger charge is 2.14. The zero-order valence-electron chi connectivity index (χ0n) is 6.02. The monoisotopic (exact) mass is 159 g/mol. The van der Waals surface area contributed by atoms with E-state index in [1.165, 1.54) is 7.11 Å². The van der Waals surface area contributed by atoms with Crippen LogP contribution in [0.4, 0.5) is 0 Å². The molecule has 0 aromatic heterocycles. The largest absolute Gasteiger partial charge is 0.384 e. The van der Waals surface area contributed by atoms with E-state index in [9.17, 15) is 4.79 Å². The molecule has 11 heavy (non-hydrogen) atoms. The maximum absolute atomic E-state index is 10.7. The number of hydrazine groups is 1. The summed E-state index contributed by atoms with van der Waals surface area (Å²) in [5.41, 5.74) is 9.84. The maximum Gasteiger partial charge on any atom is 0.245 e. The number of ether oxygens (including phenoxy) is 1. The number of nitrogens with one attached hydrogen (secondary N) is 1. The molecule has 0 rings (SSSR count). The zero-order valence-corrected chi connectivity index (χ0v) is 6.02. The Kier molecular flexibility index (Phi) is 4.83. The standard InChI is InChI=1S/C4H9N5O2/c1-11-2-3(8-9-6)4(10)7-5/h3H,2,5H2,1H3,(H,7,10). The Morgan fingerprint density at radius 1 is 2.00 bits per heavy atom. The first-order chi connectivity index (χ1) is 5.26. The Balaban J connectivity index is 4.08. The van der Waals surface area contributed by atoms with Crippen LogP contribution < -0.4 is 11.3 Å². The highest BCUT2D eigenvalue weighted by molar-refractivity contribution is 5.81. The number of methoxy groups -OCH3 is 1. The molecular weight excluding hydrogens is 150 g/mol. The van der Waals surface area contributed by atoms with Crippen LogP contribution in [-0.2, 0) is 9.53 Å². The molecule has 0 bridgehead atoms. The van der Waals surface area contributed by atoms with Crippen molar-refractivity contribution in [3.8, 4) is 0 Å². The molecule has 1 atom stereocenters. The highest BCUT2D eigenvalue weighted by Crippen LogP contribution is 1.91. The second-order valence-corrected chi connectivity index (χ2v) is 1.68. The van der Waals surface area contributed by atoms with Crippen molar-refractivity contribution >= 4 is 5.91 Å². The summed E-state index contributed by atoms with van der Waals surface area (Å²) in [5.74, 6) is 4.23. The smallest absolute Gasteiger partial charge is 0.245 e. The van der Waals surface area contributed by atoms with Gasteiger partial charge in [-0.25, -0.2) is 5.84 Å². The molecule has 0 radical (unpaired) electrons. The predicted molar refractivity (Wildman–Crippen MR) is 37.1 cm³/mol. The summed E-state index contributed by atoms with van der Waals surface area (Å²) in [4.78, 5) is 13.2. The second kappa shape index (κ2) is 5.48. The maximum atomic E-state index is 10.7. The molecule has 0 aliphatic rings. The number of carbonyl (C=O) groups is 1. The molecule has 62 valence electrons. The number of rotatable bonds is 4. The van der Waals surface area contributed by atoms with E-state index in [0.717, 1.165) is 0 Å². The summed E-state index contributed by atoms with van der Waals surface area (Å²) in [6, 6.07) is -0.894. The van der Waals surface area contributed by atoms with E-state index in [1.807, 2.05) is 5.43 Å². The van der Waals surface area contributed by atoms with E-state index in [2.05, 4.69) is 14.8 Å². The fourth-order valence-corrected chi connectivity index (χ4v) is 0.478. The summed E-state index contributed by atoms with van der Waals surface area (Å²) in [6.45, 7) is 0.0209. The quantitative estimate of drug-likeness (QED) is 0.141. The Labute approximate surface area is 63.1 Å². The van der Waals surface area contributed by atoms with E-state index in [0.29, 0.717) is 0 Å². The van der Waals surface area contributed by atoms with E-state index in [1.54, 1.807) is 0 Å². The molecule has 0 aliphatic carbocycles. The first-order valence-electron chi connectivity index (χ1n) is 2.79. The topological polar surface area (TPSA) is 113 Å². The van der Waals surface area contributed by atoms with Crippen molar-refractivity contribution in [1.82, 2.24) is 5.43 Å². The summed E-state index contributed by atoms with van der Waals surface area (Å²) >= 11 is 0. The molecule has 1 unspecified atom stereocenters. The summed E-state index contributed by atoms with van der Waals surface area (Å²) in [6.07, 6.45) is 0. The number of amides is 1. The molecule has 0 heterocycles. The number of nitrogens with two attached hydrogens (primary N) is 1. The van der Waals surface area contributed by atoms with Crippen LogP contribution in [0.5, 0.6) is 0 Å². The van der Waals surface area contributed by atoms with Crippen LogP contribution in [0.2, 0.25) is 0 Å². The Bertz CT molecular complexity index is 175. The van der Waals surface area contributed by atoms with Gasteiger partial charge in [0.2, 0.25) is 5.91 Å². The lowest BCUT2D eigenvalue weighted by molar-refractivity contribution is -0.123. The minimum atomic E-state index is -0.894. The summed E-state index contributed by atoms with van der Waals surface area (Å²) in [7, 11) is 1.39. The molecule has 7 nitrogen and oxygen atoms in total. The van der Waals surface area contributed by atoms with Crippen LogP contribution in [0.3, 0.4) is 0 Å². The predicted octanol–water partition coefficient (Wildman–Crippen LogP) is -0.698. The van der Waals surface area contributed by atoms with Crippen LogP contribution >= 0.6 is 0 Å². The molecule has 0 fully saturated rings. The van der Waals surface area contributed by atoms with Crippen molar-refractivity contribution in [2.45, 2.75) is 6.04 Å². The molecule has 0 spiro atoms. The van der Waals surface area contributed by atoms with Gasteiger partial charge in [0.05, 0.1) is 6.61 Å². The van der Waals surface area contributed by atoms with E-state index < -0.39 is 11.9 Å². The molecule has 0 saturated heterocycles. The Hall–Kier alpha value is -1.30. The number of azide groups is 1. The molecule has 3 N–H and O–H groups in total. The highest BCUT2D eigenvalue weighted by atomic mass is 16.5. The lowest BCUT2D eigenvalue weighted by Gasteiger charge is -2.06. The van der Waals surface area contributed by atoms with Crippen molar-refractivity contribution in [2.75, 3.05) is 13.7 Å². The van der Waals surface area contributed by atoms with E-state index >= 15 is 0 Å². The van der Waals surface area contributed by atoms with Gasteiger partial charge in [0.1, 0.15) is 6.04 Å². The number of nitrogens with zero attached hydrogens (tertiary/aromatic N) is 3. The SMILES string of the molecule is COCC(N=[N+]=[N-])C(=O)NN. The third kappa shape index (κ3) is 3.41. The Morgan fingerprint density at radius 3 is 3.00 bits per heavy atom. The van der Waals surface area contributed by atoms with Crippen LogP contribution in [0.25, 0.3) is 10.4 Å². The van der Waals surface area contributed by atoms with Crippen molar-refractivity contribution in [3.63, 3.8) is 0 Å². The van der Waals surface area contributed by atoms with Gasteiger partial charge < -0.3 is 4.74 Å². The van der Waals surface area contributed by atoms with Gasteiger partial charge in [-0.1, -0.05) is 5.11 Å². The fourth-order valence-electron chi connectivity index (χ4n) is 0.478. The van der Waals surface area contributed by atoms with Gasteiger partial charge in [-0.3, -0.25) is 10.2 Å². The zero-order chi connectivity index (χ0) is 8.69. The van der Waals surface area contributed by atoms with Gasteiger partial charge in [0.25, 0.3) is 0 Å². The van der Waals surface area contributed by atoms with Crippen LogP contribution in [0.1, 0.15) is 0 Å². The molecule has 0 saturated carbocycles. The van der Waals surface area contributed by atoms with Gasteiger partial charge in [0, 0.05) is 12.0 Å². The molecule has 1 amide bonds. The van der Waals surface area contributed by atoms with Crippen molar-refractivity contribution in [3.05, 3.63) is 10.4 Å². The van der Waals surface area contributed by atoms with Crippen molar-refractivity contribution < 1.29 is 9.53 Å². The van der Waals surface area contributed by atoms with Gasteiger partial charge >= 0.3 is 0 Å². The van der Waals surface area contributed by atoms with Crippen LogP contribution in [0, 0.1) is 0 Å². The molecule has 0 aromatic rings. The van der Waals surface area contributed by atoms with Gasteiger partial charge in [-0.05, 0) is 5.53 Å². The molecule has 0 aliphatic heterocycles. The number of hydrogen-bond donors (Lipinski definition) is 2. The second-order valence-electron chi connectivity index (χ2n) is 1.68. The van der Waals surface area contributed by atoms with E-state index in [4.69, 9.17) is 11.4 Å². The normalized spacial score (nSPS) is 11.5. The minimum absolute atomic E-state index is 0.0209. The lowest BCUT2D eigenvalue weighted by atomic mass is 10.3. The fraction of sp³-hybridized carbons (Fsp3) is 0.750.